The van der Waals surface area contributed by atoms with E-state index in [4.69, 9.17) is 0 Å². The van der Waals surface area contributed by atoms with Crippen molar-refractivity contribution in [2.45, 2.75) is 52.9 Å². The number of nitrogens with zero attached hydrogens (tertiary/aromatic N) is 2. The minimum atomic E-state index is -0.137. The molecule has 5 nitrogen and oxygen atoms in total. The number of rotatable bonds is 7. The summed E-state index contributed by atoms with van der Waals surface area (Å²) in [5.41, 5.74) is 1.96. The van der Waals surface area contributed by atoms with Gasteiger partial charge in [0.1, 0.15) is 17.3 Å². The van der Waals surface area contributed by atoms with Crippen LogP contribution < -0.4 is 10.6 Å². The van der Waals surface area contributed by atoms with Crippen LogP contribution in [0.5, 0.6) is 0 Å². The molecule has 126 valence electrons. The third kappa shape index (κ3) is 6.00. The zero-order valence-corrected chi connectivity index (χ0v) is 14.5. The third-order valence-corrected chi connectivity index (χ3v) is 3.88. The Morgan fingerprint density at radius 1 is 1.30 bits per heavy atom. The maximum Gasteiger partial charge on any atom is 0.270 e. The number of carbonyl (C=O) groups is 1. The highest BCUT2D eigenvalue weighted by atomic mass is 16.1. The molecule has 2 rings (SSSR count). The van der Waals surface area contributed by atoms with Gasteiger partial charge < -0.3 is 10.6 Å². The van der Waals surface area contributed by atoms with E-state index in [0.717, 1.165) is 18.8 Å². The van der Waals surface area contributed by atoms with E-state index in [1.807, 2.05) is 6.92 Å². The van der Waals surface area contributed by atoms with Crippen LogP contribution in [-0.4, -0.2) is 29.0 Å². The molecule has 1 aliphatic rings. The van der Waals surface area contributed by atoms with Gasteiger partial charge in [0.15, 0.2) is 0 Å². The molecular weight excluding hydrogens is 288 g/mol. The van der Waals surface area contributed by atoms with E-state index < -0.39 is 0 Å². The molecule has 0 bridgehead atoms. The van der Waals surface area contributed by atoms with Crippen molar-refractivity contribution >= 4 is 11.7 Å². The Kier molecular flexibility index (Phi) is 6.56. The van der Waals surface area contributed by atoms with Crippen LogP contribution in [0, 0.1) is 12.8 Å². The Labute approximate surface area is 139 Å². The minimum Gasteiger partial charge on any atom is -0.370 e. The van der Waals surface area contributed by atoms with Crippen LogP contribution in [0.25, 0.3) is 0 Å². The molecule has 0 fully saturated rings. The number of allylic oxidation sites excluding steroid dienone is 1. The third-order valence-electron chi connectivity index (χ3n) is 3.88. The lowest BCUT2D eigenvalue weighted by Crippen LogP contribution is -2.28. The average molecular weight is 316 g/mol. The first kappa shape index (κ1) is 17.4. The largest absolute Gasteiger partial charge is 0.370 e. The lowest BCUT2D eigenvalue weighted by molar-refractivity contribution is 0.0943. The predicted octanol–water partition coefficient (Wildman–Crippen LogP) is 3.47. The molecule has 1 heterocycles. The Balaban J connectivity index is 1.91. The molecule has 1 aromatic heterocycles. The average Bonchev–Trinajstić information content (AvgIpc) is 2.53. The zero-order chi connectivity index (χ0) is 16.7. The van der Waals surface area contributed by atoms with Crippen LogP contribution in [-0.2, 0) is 0 Å². The summed E-state index contributed by atoms with van der Waals surface area (Å²) >= 11 is 0. The van der Waals surface area contributed by atoms with Gasteiger partial charge in [-0.25, -0.2) is 9.97 Å². The Hall–Kier alpha value is -1.91. The van der Waals surface area contributed by atoms with Crippen molar-refractivity contribution in [3.8, 4) is 0 Å². The van der Waals surface area contributed by atoms with Gasteiger partial charge in [-0.05, 0) is 44.9 Å². The number of aryl methyl sites for hydroxylation is 1. The first-order valence-corrected chi connectivity index (χ1v) is 8.60. The van der Waals surface area contributed by atoms with Crippen LogP contribution in [0.1, 0.15) is 62.3 Å². The monoisotopic (exact) mass is 316 g/mol. The van der Waals surface area contributed by atoms with Crippen molar-refractivity contribution < 1.29 is 4.79 Å². The number of anilines is 1. The smallest absolute Gasteiger partial charge is 0.270 e. The van der Waals surface area contributed by atoms with Crippen molar-refractivity contribution in [2.24, 2.45) is 5.92 Å². The number of aromatic nitrogens is 2. The van der Waals surface area contributed by atoms with E-state index in [1.165, 1.54) is 31.3 Å². The molecule has 2 N–H and O–H groups in total. The number of hydrogen-bond acceptors (Lipinski definition) is 4. The molecular formula is C18H28N4O. The van der Waals surface area contributed by atoms with E-state index in [2.05, 4.69) is 40.5 Å². The normalized spacial score (nSPS) is 14.5. The van der Waals surface area contributed by atoms with Crippen LogP contribution >= 0.6 is 0 Å². The summed E-state index contributed by atoms with van der Waals surface area (Å²) < 4.78 is 0. The summed E-state index contributed by atoms with van der Waals surface area (Å²) in [6.45, 7) is 7.44. The molecule has 1 aromatic rings. The second-order valence-electron chi connectivity index (χ2n) is 6.57. The van der Waals surface area contributed by atoms with Gasteiger partial charge in [0, 0.05) is 19.2 Å². The topological polar surface area (TPSA) is 66.9 Å². The van der Waals surface area contributed by atoms with Gasteiger partial charge in [-0.2, -0.15) is 0 Å². The Morgan fingerprint density at radius 3 is 2.83 bits per heavy atom. The highest BCUT2D eigenvalue weighted by molar-refractivity contribution is 5.92. The molecule has 0 radical (unpaired) electrons. The molecule has 0 unspecified atom stereocenters. The summed E-state index contributed by atoms with van der Waals surface area (Å²) in [4.78, 5) is 20.7. The Bertz CT molecular complexity index is 566. The molecule has 0 aliphatic heterocycles. The molecule has 23 heavy (non-hydrogen) atoms. The number of hydrogen-bond donors (Lipinski definition) is 2. The van der Waals surface area contributed by atoms with Gasteiger partial charge in [0.25, 0.3) is 5.91 Å². The summed E-state index contributed by atoms with van der Waals surface area (Å²) in [5, 5.41) is 6.22. The fourth-order valence-corrected chi connectivity index (χ4v) is 2.64. The minimum absolute atomic E-state index is 0.137. The van der Waals surface area contributed by atoms with Crippen molar-refractivity contribution in [3.63, 3.8) is 0 Å². The number of carbonyl (C=O) groups excluding carboxylic acids is 1. The molecule has 0 saturated heterocycles. The van der Waals surface area contributed by atoms with Gasteiger partial charge in [-0.15, -0.1) is 0 Å². The van der Waals surface area contributed by atoms with Crippen LogP contribution in [0.3, 0.4) is 0 Å². The van der Waals surface area contributed by atoms with Crippen LogP contribution in [0.2, 0.25) is 0 Å². The van der Waals surface area contributed by atoms with Crippen molar-refractivity contribution in [1.82, 2.24) is 15.3 Å². The molecule has 0 spiro atoms. The molecule has 5 heteroatoms. The van der Waals surface area contributed by atoms with Crippen molar-refractivity contribution in [3.05, 3.63) is 29.2 Å². The molecule has 0 saturated carbocycles. The standard InChI is InChI=1S/C18H28N4O/c1-13(2)12-20-18(23)16-11-17(22-14(3)21-16)19-10-9-15-7-5-4-6-8-15/h7,11,13H,4-6,8-10,12H2,1-3H3,(H,20,23)(H,19,21,22). The predicted molar refractivity (Wildman–Crippen MR) is 93.6 cm³/mol. The van der Waals surface area contributed by atoms with E-state index in [1.54, 1.807) is 6.07 Å². The number of nitrogens with one attached hydrogen (secondary N) is 2. The summed E-state index contributed by atoms with van der Waals surface area (Å²) in [6, 6.07) is 1.73. The van der Waals surface area contributed by atoms with E-state index in [-0.39, 0.29) is 5.91 Å². The second-order valence-corrected chi connectivity index (χ2v) is 6.57. The van der Waals surface area contributed by atoms with Gasteiger partial charge in [0.05, 0.1) is 0 Å². The van der Waals surface area contributed by atoms with Crippen molar-refractivity contribution in [1.29, 1.82) is 0 Å². The van der Waals surface area contributed by atoms with Crippen LogP contribution in [0.4, 0.5) is 5.82 Å². The molecule has 1 aliphatic carbocycles. The maximum atomic E-state index is 12.1. The van der Waals surface area contributed by atoms with Gasteiger partial charge >= 0.3 is 0 Å². The van der Waals surface area contributed by atoms with Gasteiger partial charge in [-0.3, -0.25) is 4.79 Å². The zero-order valence-electron chi connectivity index (χ0n) is 14.5. The molecule has 1 amide bonds. The lowest BCUT2D eigenvalue weighted by atomic mass is 9.97. The second kappa shape index (κ2) is 8.65. The van der Waals surface area contributed by atoms with E-state index in [9.17, 15) is 4.79 Å². The van der Waals surface area contributed by atoms with Crippen LogP contribution in [0.15, 0.2) is 17.7 Å². The fraction of sp³-hybridized carbons (Fsp3) is 0.611. The first-order chi connectivity index (χ1) is 11.0. The summed E-state index contributed by atoms with van der Waals surface area (Å²) in [7, 11) is 0. The Morgan fingerprint density at radius 2 is 2.13 bits per heavy atom. The summed E-state index contributed by atoms with van der Waals surface area (Å²) in [5.74, 6) is 1.62. The molecule has 0 aromatic carbocycles. The quantitative estimate of drug-likeness (QED) is 0.756. The van der Waals surface area contributed by atoms with Gasteiger partial charge in [0.2, 0.25) is 0 Å². The van der Waals surface area contributed by atoms with E-state index in [0.29, 0.717) is 24.0 Å². The maximum absolute atomic E-state index is 12.1. The summed E-state index contributed by atoms with van der Waals surface area (Å²) in [6.07, 6.45) is 8.45. The SMILES string of the molecule is Cc1nc(NCCC2=CCCCC2)cc(C(=O)NCC(C)C)n1. The lowest BCUT2D eigenvalue weighted by Gasteiger charge is -2.14. The highest BCUT2D eigenvalue weighted by Gasteiger charge is 2.11. The highest BCUT2D eigenvalue weighted by Crippen LogP contribution is 2.20. The van der Waals surface area contributed by atoms with Gasteiger partial charge in [-0.1, -0.05) is 25.5 Å². The first-order valence-electron chi connectivity index (χ1n) is 8.60. The van der Waals surface area contributed by atoms with E-state index >= 15 is 0 Å². The fourth-order valence-electron chi connectivity index (χ4n) is 2.64. The molecule has 0 atom stereocenters. The number of amides is 1. The van der Waals surface area contributed by atoms with Crippen molar-refractivity contribution in [2.75, 3.05) is 18.4 Å².